The van der Waals surface area contributed by atoms with E-state index in [1.807, 2.05) is 71.0 Å². The van der Waals surface area contributed by atoms with Gasteiger partial charge in [-0.2, -0.15) is 0 Å². The molecule has 2 aromatic carbocycles. The molecule has 6 nitrogen and oxygen atoms in total. The minimum atomic E-state index is -0.683. The molecule has 0 saturated heterocycles. The number of pyridine rings is 1. The van der Waals surface area contributed by atoms with Gasteiger partial charge in [-0.3, -0.25) is 14.3 Å². The second-order valence-corrected chi connectivity index (χ2v) is 9.98. The van der Waals surface area contributed by atoms with Crippen molar-refractivity contribution in [3.05, 3.63) is 64.4 Å². The minimum Gasteiger partial charge on any atom is -0.443 e. The molecule has 0 atom stereocenters. The highest BCUT2D eigenvalue weighted by Gasteiger charge is 2.28. The maximum atomic E-state index is 13.7. The van der Waals surface area contributed by atoms with Gasteiger partial charge < -0.3 is 10.5 Å². The molecule has 1 amide bonds. The zero-order valence-corrected chi connectivity index (χ0v) is 20.8. The van der Waals surface area contributed by atoms with Gasteiger partial charge in [-0.15, -0.1) is 0 Å². The molecule has 0 aliphatic carbocycles. The Balaban J connectivity index is 2.48. The summed E-state index contributed by atoms with van der Waals surface area (Å²) in [6.07, 6.45) is -0.540. The standard InChI is InChI=1S/C26H31N3O3S/c1-16(2)15-29-23(28(6)25(31)32-26(3,4)5)21(17-10-8-7-9-11-17)20-14-18(22(27)33)12-13-19(20)24(29)30/h7-14,16H,15H2,1-6H3,(H2,27,33). The zero-order valence-electron chi connectivity index (χ0n) is 20.0. The molecule has 1 aromatic heterocycles. The van der Waals surface area contributed by atoms with E-state index in [4.69, 9.17) is 22.7 Å². The predicted molar refractivity (Wildman–Crippen MR) is 139 cm³/mol. The average molecular weight is 466 g/mol. The lowest BCUT2D eigenvalue weighted by molar-refractivity contribution is 0.0587. The minimum absolute atomic E-state index is 0.172. The first kappa shape index (κ1) is 24.5. The summed E-state index contributed by atoms with van der Waals surface area (Å²) in [5.41, 5.74) is 7.31. The van der Waals surface area contributed by atoms with Crippen LogP contribution in [0.5, 0.6) is 0 Å². The summed E-state index contributed by atoms with van der Waals surface area (Å²) in [5, 5.41) is 1.22. The number of nitrogens with zero attached hydrogens (tertiary/aromatic N) is 2. The zero-order chi connectivity index (χ0) is 24.5. The van der Waals surface area contributed by atoms with Gasteiger partial charge >= 0.3 is 6.09 Å². The maximum absolute atomic E-state index is 13.7. The first-order valence-electron chi connectivity index (χ1n) is 10.9. The molecule has 3 rings (SSSR count). The number of fused-ring (bicyclic) bond motifs is 1. The lowest BCUT2D eigenvalue weighted by Crippen LogP contribution is -2.38. The second-order valence-electron chi connectivity index (χ2n) is 9.54. The number of hydrogen-bond acceptors (Lipinski definition) is 4. The number of ether oxygens (including phenoxy) is 1. The summed E-state index contributed by atoms with van der Waals surface area (Å²) < 4.78 is 7.32. The van der Waals surface area contributed by atoms with Gasteiger partial charge in [0.05, 0.1) is 0 Å². The van der Waals surface area contributed by atoms with E-state index in [1.165, 1.54) is 4.90 Å². The number of thiocarbonyl (C=S) groups is 1. The van der Waals surface area contributed by atoms with Crippen LogP contribution in [0, 0.1) is 5.92 Å². The summed E-state index contributed by atoms with van der Waals surface area (Å²) >= 11 is 5.20. The van der Waals surface area contributed by atoms with Crippen LogP contribution in [0.1, 0.15) is 40.2 Å². The molecular weight excluding hydrogens is 434 g/mol. The summed E-state index contributed by atoms with van der Waals surface area (Å²) in [7, 11) is 1.63. The fraction of sp³-hybridized carbons (Fsp3) is 0.346. The fourth-order valence-corrected chi connectivity index (χ4v) is 3.90. The number of carbonyl (C=O) groups excluding carboxylic acids is 1. The van der Waals surface area contributed by atoms with Gasteiger partial charge in [-0.25, -0.2) is 4.79 Å². The van der Waals surface area contributed by atoms with Crippen molar-refractivity contribution in [3.8, 4) is 11.1 Å². The van der Waals surface area contributed by atoms with E-state index in [2.05, 4.69) is 0 Å². The Morgan fingerprint density at radius 1 is 1.12 bits per heavy atom. The molecule has 1 heterocycles. The van der Waals surface area contributed by atoms with E-state index in [0.717, 1.165) is 11.1 Å². The van der Waals surface area contributed by atoms with Crippen LogP contribution >= 0.6 is 12.2 Å². The van der Waals surface area contributed by atoms with Gasteiger partial charge in [0.25, 0.3) is 5.56 Å². The molecule has 174 valence electrons. The van der Waals surface area contributed by atoms with Crippen LogP contribution in [-0.4, -0.2) is 28.3 Å². The number of carbonyl (C=O) groups is 1. The smallest absolute Gasteiger partial charge is 0.415 e. The second kappa shape index (κ2) is 9.35. The van der Waals surface area contributed by atoms with Crippen LogP contribution < -0.4 is 16.2 Å². The van der Waals surface area contributed by atoms with Crippen molar-refractivity contribution in [3.63, 3.8) is 0 Å². The molecular formula is C26H31N3O3S. The van der Waals surface area contributed by atoms with Crippen molar-refractivity contribution in [1.29, 1.82) is 0 Å². The summed E-state index contributed by atoms with van der Waals surface area (Å²) in [6, 6.07) is 15.0. The van der Waals surface area contributed by atoms with Gasteiger partial charge in [0.1, 0.15) is 16.4 Å². The molecule has 0 aliphatic rings. The quantitative estimate of drug-likeness (QED) is 0.515. The van der Waals surface area contributed by atoms with Crippen LogP contribution in [0.15, 0.2) is 53.3 Å². The molecule has 0 fully saturated rings. The van der Waals surface area contributed by atoms with Gasteiger partial charge in [0.2, 0.25) is 0 Å². The van der Waals surface area contributed by atoms with E-state index in [-0.39, 0.29) is 16.5 Å². The third-order valence-corrected chi connectivity index (χ3v) is 5.36. The third-order valence-electron chi connectivity index (χ3n) is 5.12. The summed E-state index contributed by atoms with van der Waals surface area (Å²) in [6.45, 7) is 9.94. The Morgan fingerprint density at radius 2 is 1.76 bits per heavy atom. The molecule has 0 aliphatic heterocycles. The number of anilines is 1. The number of benzene rings is 2. The molecule has 2 N–H and O–H groups in total. The fourth-order valence-electron chi connectivity index (χ4n) is 3.78. The SMILES string of the molecule is CC(C)Cn1c(N(C)C(=O)OC(C)(C)C)c(-c2ccccc2)c2cc(C(N)=S)ccc2c1=O. The predicted octanol–water partition coefficient (Wildman–Crippen LogP) is 5.33. The topological polar surface area (TPSA) is 77.6 Å². The van der Waals surface area contributed by atoms with Crippen LogP contribution in [0.25, 0.3) is 21.9 Å². The van der Waals surface area contributed by atoms with Crippen LogP contribution in [0.4, 0.5) is 10.6 Å². The van der Waals surface area contributed by atoms with Gasteiger partial charge in [0, 0.05) is 30.1 Å². The van der Waals surface area contributed by atoms with Crippen LogP contribution in [0.2, 0.25) is 0 Å². The lowest BCUT2D eigenvalue weighted by Gasteiger charge is -2.29. The Hall–Kier alpha value is -3.19. The lowest BCUT2D eigenvalue weighted by atomic mass is 9.96. The highest BCUT2D eigenvalue weighted by molar-refractivity contribution is 7.80. The molecule has 33 heavy (non-hydrogen) atoms. The van der Waals surface area contributed by atoms with Gasteiger partial charge in [-0.05, 0) is 49.8 Å². The van der Waals surface area contributed by atoms with Crippen molar-refractivity contribution >= 4 is 39.9 Å². The Labute approximate surface area is 200 Å². The Morgan fingerprint density at radius 3 is 2.30 bits per heavy atom. The van der Waals surface area contributed by atoms with Crippen molar-refractivity contribution < 1.29 is 9.53 Å². The van der Waals surface area contributed by atoms with E-state index in [1.54, 1.807) is 23.7 Å². The number of nitrogens with two attached hydrogens (primary N) is 1. The third kappa shape index (κ3) is 5.25. The molecule has 0 saturated carbocycles. The van der Waals surface area contributed by atoms with Gasteiger partial charge in [0.15, 0.2) is 0 Å². The summed E-state index contributed by atoms with van der Waals surface area (Å²) in [5.74, 6) is 0.646. The van der Waals surface area contributed by atoms with E-state index in [0.29, 0.717) is 28.7 Å². The monoisotopic (exact) mass is 465 g/mol. The molecule has 0 unspecified atom stereocenters. The van der Waals surface area contributed by atoms with Crippen molar-refractivity contribution in [2.75, 3.05) is 11.9 Å². The largest absolute Gasteiger partial charge is 0.443 e. The number of hydrogen-bond donors (Lipinski definition) is 1. The van der Waals surface area contributed by atoms with Crippen molar-refractivity contribution in [1.82, 2.24) is 4.57 Å². The molecule has 3 aromatic rings. The highest BCUT2D eigenvalue weighted by Crippen LogP contribution is 2.37. The Bertz CT molecular complexity index is 1260. The molecule has 0 spiro atoms. The molecule has 0 bridgehead atoms. The molecule has 7 heteroatoms. The average Bonchev–Trinajstić information content (AvgIpc) is 2.73. The van der Waals surface area contributed by atoms with Crippen LogP contribution in [0.3, 0.4) is 0 Å². The van der Waals surface area contributed by atoms with Crippen molar-refractivity contribution in [2.24, 2.45) is 11.7 Å². The normalized spacial score (nSPS) is 11.6. The van der Waals surface area contributed by atoms with Crippen molar-refractivity contribution in [2.45, 2.75) is 46.8 Å². The number of rotatable bonds is 5. The first-order valence-corrected chi connectivity index (χ1v) is 11.3. The number of amides is 1. The molecule has 0 radical (unpaired) electrons. The van der Waals surface area contributed by atoms with E-state index in [9.17, 15) is 9.59 Å². The van der Waals surface area contributed by atoms with Crippen LogP contribution in [-0.2, 0) is 11.3 Å². The number of aromatic nitrogens is 1. The van der Waals surface area contributed by atoms with Gasteiger partial charge in [-0.1, -0.05) is 62.5 Å². The highest BCUT2D eigenvalue weighted by atomic mass is 32.1. The summed E-state index contributed by atoms with van der Waals surface area (Å²) in [4.78, 5) is 28.5. The van der Waals surface area contributed by atoms with E-state index >= 15 is 0 Å². The first-order chi connectivity index (χ1) is 15.4. The Kier molecular flexibility index (Phi) is 6.93. The maximum Gasteiger partial charge on any atom is 0.415 e. The van der Waals surface area contributed by atoms with E-state index < -0.39 is 11.7 Å².